The van der Waals surface area contributed by atoms with Crippen LogP contribution in [0, 0.1) is 5.92 Å². The molecule has 0 atom stereocenters. The molecular weight excluding hydrogens is 286 g/mol. The molecule has 1 aromatic carbocycles. The number of benzene rings is 1. The summed E-state index contributed by atoms with van der Waals surface area (Å²) in [4.78, 5) is 8.50. The molecule has 2 N–H and O–H groups in total. The van der Waals surface area contributed by atoms with Crippen LogP contribution in [-0.2, 0) is 0 Å². The van der Waals surface area contributed by atoms with E-state index in [0.29, 0.717) is 12.0 Å². The normalized spacial score (nSPS) is 21.6. The maximum atomic E-state index is 5.79. The number of fused-ring (bicyclic) bond motifs is 1. The van der Waals surface area contributed by atoms with Crippen LogP contribution in [-0.4, -0.2) is 26.3 Å². The average molecular weight is 307 g/mol. The van der Waals surface area contributed by atoms with Gasteiger partial charge in [-0.05, 0) is 44.2 Å². The Kier molecular flexibility index (Phi) is 3.79. The van der Waals surface area contributed by atoms with Crippen molar-refractivity contribution in [2.45, 2.75) is 31.7 Å². The minimum absolute atomic E-state index is 0.505. The Labute approximate surface area is 135 Å². The van der Waals surface area contributed by atoms with Gasteiger partial charge in [-0.1, -0.05) is 12.1 Å². The van der Waals surface area contributed by atoms with Crippen LogP contribution in [0.2, 0.25) is 0 Å². The molecular formula is C18H21N5. The van der Waals surface area contributed by atoms with Crippen LogP contribution in [0.3, 0.4) is 0 Å². The highest BCUT2D eigenvalue weighted by molar-refractivity contribution is 5.83. The first-order valence-electron chi connectivity index (χ1n) is 8.29. The number of nitrogens with zero attached hydrogens (tertiary/aromatic N) is 4. The van der Waals surface area contributed by atoms with E-state index in [1.807, 2.05) is 0 Å². The van der Waals surface area contributed by atoms with Gasteiger partial charge in [0.1, 0.15) is 0 Å². The first kappa shape index (κ1) is 14.3. The largest absolute Gasteiger partial charge is 0.330 e. The quantitative estimate of drug-likeness (QED) is 0.807. The van der Waals surface area contributed by atoms with Crippen LogP contribution < -0.4 is 5.73 Å². The molecule has 2 aromatic heterocycles. The lowest BCUT2D eigenvalue weighted by atomic mass is 9.86. The lowest BCUT2D eigenvalue weighted by Gasteiger charge is -2.27. The molecule has 0 amide bonds. The third-order valence-electron chi connectivity index (χ3n) is 4.91. The van der Waals surface area contributed by atoms with Crippen LogP contribution in [0.25, 0.3) is 22.2 Å². The number of hydrogen-bond acceptors (Lipinski definition) is 4. The highest BCUT2D eigenvalue weighted by atomic mass is 15.3. The summed E-state index contributed by atoms with van der Waals surface area (Å²) in [6.07, 6.45) is 12.1. The van der Waals surface area contributed by atoms with Gasteiger partial charge in [-0.2, -0.15) is 5.10 Å². The molecule has 0 radical (unpaired) electrons. The molecule has 3 aromatic rings. The van der Waals surface area contributed by atoms with Crippen molar-refractivity contribution in [3.05, 3.63) is 43.0 Å². The third-order valence-corrected chi connectivity index (χ3v) is 4.91. The smallest absolute Gasteiger partial charge is 0.0930 e. The first-order chi connectivity index (χ1) is 11.3. The average Bonchev–Trinajstić information content (AvgIpc) is 3.06. The fourth-order valence-corrected chi connectivity index (χ4v) is 3.47. The van der Waals surface area contributed by atoms with E-state index in [4.69, 9.17) is 10.8 Å². The number of hydrogen-bond donors (Lipinski definition) is 1. The highest BCUT2D eigenvalue weighted by Gasteiger charge is 2.22. The van der Waals surface area contributed by atoms with Gasteiger partial charge in [-0.3, -0.25) is 14.6 Å². The maximum Gasteiger partial charge on any atom is 0.0930 e. The molecule has 1 fully saturated rings. The predicted octanol–water partition coefficient (Wildman–Crippen LogP) is 3.18. The summed E-state index contributed by atoms with van der Waals surface area (Å²) < 4.78 is 2.15. The minimum Gasteiger partial charge on any atom is -0.330 e. The van der Waals surface area contributed by atoms with Crippen molar-refractivity contribution >= 4 is 10.9 Å². The van der Waals surface area contributed by atoms with Crippen LogP contribution >= 0.6 is 0 Å². The molecule has 5 nitrogen and oxygen atoms in total. The molecule has 2 heterocycles. The zero-order chi connectivity index (χ0) is 15.6. The molecule has 118 valence electrons. The van der Waals surface area contributed by atoms with Gasteiger partial charge in [0.05, 0.1) is 23.4 Å². The molecule has 5 heteroatoms. The van der Waals surface area contributed by atoms with Gasteiger partial charge in [0.25, 0.3) is 0 Å². The van der Waals surface area contributed by atoms with Gasteiger partial charge in [-0.25, -0.2) is 0 Å². The third kappa shape index (κ3) is 2.84. The summed E-state index contributed by atoms with van der Waals surface area (Å²) in [5, 5.41) is 5.99. The number of aromatic nitrogens is 4. The molecule has 1 aliphatic rings. The van der Waals surface area contributed by atoms with Gasteiger partial charge in [0, 0.05) is 29.5 Å². The molecule has 0 aliphatic heterocycles. The Morgan fingerprint density at radius 2 is 2.00 bits per heavy atom. The molecule has 23 heavy (non-hydrogen) atoms. The Morgan fingerprint density at radius 1 is 1.13 bits per heavy atom. The van der Waals surface area contributed by atoms with Crippen molar-refractivity contribution in [1.82, 2.24) is 19.7 Å². The predicted molar refractivity (Wildman–Crippen MR) is 90.8 cm³/mol. The monoisotopic (exact) mass is 307 g/mol. The fourth-order valence-electron chi connectivity index (χ4n) is 3.47. The van der Waals surface area contributed by atoms with E-state index < -0.39 is 0 Å². The molecule has 0 saturated heterocycles. The van der Waals surface area contributed by atoms with Crippen LogP contribution in [0.4, 0.5) is 0 Å². The van der Waals surface area contributed by atoms with Crippen LogP contribution in [0.5, 0.6) is 0 Å². The maximum absolute atomic E-state index is 5.79. The number of rotatable bonds is 3. The van der Waals surface area contributed by atoms with Gasteiger partial charge in [0.2, 0.25) is 0 Å². The molecule has 0 unspecified atom stereocenters. The van der Waals surface area contributed by atoms with Gasteiger partial charge >= 0.3 is 0 Å². The molecule has 4 rings (SSSR count). The van der Waals surface area contributed by atoms with E-state index in [0.717, 1.165) is 23.3 Å². The summed E-state index contributed by atoms with van der Waals surface area (Å²) in [5.74, 6) is 0.694. The van der Waals surface area contributed by atoms with Gasteiger partial charge < -0.3 is 5.73 Å². The molecule has 1 saturated carbocycles. The van der Waals surface area contributed by atoms with E-state index >= 15 is 0 Å². The first-order valence-corrected chi connectivity index (χ1v) is 8.29. The zero-order valence-electron chi connectivity index (χ0n) is 13.1. The lowest BCUT2D eigenvalue weighted by molar-refractivity contribution is 0.266. The lowest BCUT2D eigenvalue weighted by Crippen LogP contribution is -2.23. The Balaban J connectivity index is 1.61. The Morgan fingerprint density at radius 3 is 2.74 bits per heavy atom. The van der Waals surface area contributed by atoms with Crippen molar-refractivity contribution in [2.24, 2.45) is 11.7 Å². The highest BCUT2D eigenvalue weighted by Crippen LogP contribution is 2.32. The zero-order valence-corrected chi connectivity index (χ0v) is 13.1. The standard InChI is InChI=1S/C18H21N5/c19-10-13-1-5-16(6-2-13)23-12-15-4-3-14(9-17(15)22-23)18-11-20-7-8-21-18/h3-4,7-9,11-13,16H,1-2,5-6,10,19H2. The second-order valence-corrected chi connectivity index (χ2v) is 6.38. The second kappa shape index (κ2) is 6.08. The fraction of sp³-hybridized carbons (Fsp3) is 0.389. The van der Waals surface area contributed by atoms with Crippen molar-refractivity contribution < 1.29 is 0 Å². The molecule has 1 aliphatic carbocycles. The van der Waals surface area contributed by atoms with Crippen molar-refractivity contribution in [2.75, 3.05) is 6.54 Å². The second-order valence-electron chi connectivity index (χ2n) is 6.38. The molecule has 0 spiro atoms. The van der Waals surface area contributed by atoms with Crippen LogP contribution in [0.15, 0.2) is 43.0 Å². The number of nitrogens with two attached hydrogens (primary N) is 1. The Hall–Kier alpha value is -2.27. The van der Waals surface area contributed by atoms with Crippen LogP contribution in [0.1, 0.15) is 31.7 Å². The van der Waals surface area contributed by atoms with Crippen molar-refractivity contribution in [3.63, 3.8) is 0 Å². The summed E-state index contributed by atoms with van der Waals surface area (Å²) in [5.41, 5.74) is 8.75. The van der Waals surface area contributed by atoms with E-state index in [9.17, 15) is 0 Å². The SMILES string of the molecule is NCC1CCC(n2cc3ccc(-c4cnccn4)cc3n2)CC1. The van der Waals surface area contributed by atoms with Crippen molar-refractivity contribution in [1.29, 1.82) is 0 Å². The van der Waals surface area contributed by atoms with E-state index in [1.54, 1.807) is 18.6 Å². The summed E-state index contributed by atoms with van der Waals surface area (Å²) in [7, 11) is 0. The van der Waals surface area contributed by atoms with Gasteiger partial charge in [0.15, 0.2) is 0 Å². The van der Waals surface area contributed by atoms with Gasteiger partial charge in [-0.15, -0.1) is 0 Å². The topological polar surface area (TPSA) is 69.6 Å². The Bertz CT molecular complexity index is 788. The minimum atomic E-state index is 0.505. The van der Waals surface area contributed by atoms with E-state index in [-0.39, 0.29) is 0 Å². The van der Waals surface area contributed by atoms with E-state index in [2.05, 4.69) is 39.0 Å². The van der Waals surface area contributed by atoms with Crippen molar-refractivity contribution in [3.8, 4) is 11.3 Å². The summed E-state index contributed by atoms with van der Waals surface area (Å²) in [6, 6.07) is 6.81. The molecule has 0 bridgehead atoms. The van der Waals surface area contributed by atoms with E-state index in [1.165, 1.54) is 31.1 Å². The summed E-state index contributed by atoms with van der Waals surface area (Å²) >= 11 is 0. The summed E-state index contributed by atoms with van der Waals surface area (Å²) in [6.45, 7) is 0.815.